The van der Waals surface area contributed by atoms with Crippen LogP contribution >= 0.6 is 23.2 Å². The highest BCUT2D eigenvalue weighted by atomic mass is 35.5. The molecular formula is C25H27Cl2N3O5. The van der Waals surface area contributed by atoms with Crippen LogP contribution in [0.5, 0.6) is 5.75 Å². The van der Waals surface area contributed by atoms with Crippen LogP contribution in [0.1, 0.15) is 36.1 Å². The van der Waals surface area contributed by atoms with E-state index in [2.05, 4.69) is 9.97 Å². The van der Waals surface area contributed by atoms with Crippen molar-refractivity contribution in [2.24, 2.45) is 0 Å². The van der Waals surface area contributed by atoms with Crippen LogP contribution in [0, 0.1) is 0 Å². The van der Waals surface area contributed by atoms with Gasteiger partial charge < -0.3 is 20.1 Å². The average molecular weight is 520 g/mol. The standard InChI is InChI=1S/C25H27Cl2N3O5/c1-16(12-17-8-10-18(11-9-17)35-15-25(33)34)30(13-21(31)19-4-2-6-23(26)28-19)14-22(32)20-5-3-7-24(27)29-20/h2-11,16,21-22,31-32H,12-15H2,1H3,(H,33,34)/t16-,21?,22?/m1/s1. The number of aliphatic carboxylic acids is 1. The summed E-state index contributed by atoms with van der Waals surface area (Å²) in [6, 6.07) is 17.2. The lowest BCUT2D eigenvalue weighted by Gasteiger charge is -2.32. The topological polar surface area (TPSA) is 116 Å². The molecule has 0 radical (unpaired) electrons. The van der Waals surface area contributed by atoms with Gasteiger partial charge in [0, 0.05) is 19.1 Å². The minimum Gasteiger partial charge on any atom is -0.482 e. The number of aliphatic hydroxyl groups is 2. The van der Waals surface area contributed by atoms with Crippen LogP contribution in [-0.2, 0) is 11.2 Å². The van der Waals surface area contributed by atoms with Gasteiger partial charge in [0.2, 0.25) is 0 Å². The van der Waals surface area contributed by atoms with E-state index in [4.69, 9.17) is 33.0 Å². The predicted molar refractivity (Wildman–Crippen MR) is 133 cm³/mol. The first kappa shape index (κ1) is 26.8. The molecule has 0 spiro atoms. The molecule has 0 aliphatic carbocycles. The number of aromatic nitrogens is 2. The van der Waals surface area contributed by atoms with Gasteiger partial charge in [-0.1, -0.05) is 47.5 Å². The monoisotopic (exact) mass is 519 g/mol. The van der Waals surface area contributed by atoms with Gasteiger partial charge in [0.25, 0.3) is 0 Å². The third-order valence-electron chi connectivity index (χ3n) is 5.41. The first-order valence-corrected chi connectivity index (χ1v) is 11.8. The first-order chi connectivity index (χ1) is 16.7. The third kappa shape index (κ3) is 8.45. The highest BCUT2D eigenvalue weighted by Gasteiger charge is 2.24. The molecule has 0 saturated heterocycles. The van der Waals surface area contributed by atoms with E-state index in [-0.39, 0.29) is 29.4 Å². The molecule has 0 aliphatic rings. The molecule has 8 nitrogen and oxygen atoms in total. The molecule has 3 N–H and O–H groups in total. The van der Waals surface area contributed by atoms with Crippen LogP contribution in [0.15, 0.2) is 60.7 Å². The Labute approximate surface area is 213 Å². The Bertz CT molecular complexity index is 1060. The zero-order valence-corrected chi connectivity index (χ0v) is 20.6. The zero-order valence-electron chi connectivity index (χ0n) is 19.1. The van der Waals surface area contributed by atoms with E-state index in [1.165, 1.54) is 0 Å². The van der Waals surface area contributed by atoms with Gasteiger partial charge >= 0.3 is 5.97 Å². The Morgan fingerprint density at radius 2 is 1.43 bits per heavy atom. The van der Waals surface area contributed by atoms with E-state index >= 15 is 0 Å². The number of ether oxygens (including phenoxy) is 1. The number of carboxylic acid groups (broad SMARTS) is 1. The van der Waals surface area contributed by atoms with Crippen LogP contribution < -0.4 is 4.74 Å². The SMILES string of the molecule is C[C@H](Cc1ccc(OCC(=O)O)cc1)N(CC(O)c1cccc(Cl)n1)CC(O)c1cccc(Cl)n1. The number of benzene rings is 1. The van der Waals surface area contributed by atoms with Crippen molar-refractivity contribution in [2.45, 2.75) is 31.6 Å². The van der Waals surface area contributed by atoms with Crippen LogP contribution in [0.4, 0.5) is 0 Å². The van der Waals surface area contributed by atoms with Crippen LogP contribution in [0.25, 0.3) is 0 Å². The maximum Gasteiger partial charge on any atom is 0.341 e. The largest absolute Gasteiger partial charge is 0.482 e. The highest BCUT2D eigenvalue weighted by Crippen LogP contribution is 2.22. The summed E-state index contributed by atoms with van der Waals surface area (Å²) in [5, 5.41) is 31.0. The summed E-state index contributed by atoms with van der Waals surface area (Å²) in [6.07, 6.45) is -1.25. The van der Waals surface area contributed by atoms with Gasteiger partial charge in [0.1, 0.15) is 28.3 Å². The highest BCUT2D eigenvalue weighted by molar-refractivity contribution is 6.29. The number of halogens is 2. The van der Waals surface area contributed by atoms with Gasteiger partial charge in [0.15, 0.2) is 6.61 Å². The minimum absolute atomic E-state index is 0.0940. The van der Waals surface area contributed by atoms with Gasteiger partial charge in [-0.2, -0.15) is 0 Å². The van der Waals surface area contributed by atoms with Crippen LogP contribution in [0.3, 0.4) is 0 Å². The van der Waals surface area contributed by atoms with Gasteiger partial charge in [-0.05, 0) is 55.3 Å². The minimum atomic E-state index is -1.04. The summed E-state index contributed by atoms with van der Waals surface area (Å²) in [5.74, 6) is -0.579. The lowest BCUT2D eigenvalue weighted by Crippen LogP contribution is -2.40. The zero-order chi connectivity index (χ0) is 25.4. The summed E-state index contributed by atoms with van der Waals surface area (Å²) in [4.78, 5) is 21.0. The van der Waals surface area contributed by atoms with E-state index in [1.54, 1.807) is 48.5 Å². The number of hydrogen-bond acceptors (Lipinski definition) is 7. The molecule has 0 aliphatic heterocycles. The second kappa shape index (κ2) is 12.8. The Morgan fingerprint density at radius 3 is 1.89 bits per heavy atom. The van der Waals surface area contributed by atoms with Crippen molar-refractivity contribution in [1.29, 1.82) is 0 Å². The van der Waals surface area contributed by atoms with Gasteiger partial charge in [-0.25, -0.2) is 14.8 Å². The smallest absolute Gasteiger partial charge is 0.341 e. The van der Waals surface area contributed by atoms with Crippen molar-refractivity contribution >= 4 is 29.2 Å². The van der Waals surface area contributed by atoms with E-state index in [1.807, 2.05) is 24.0 Å². The first-order valence-electron chi connectivity index (χ1n) is 11.0. The van der Waals surface area contributed by atoms with Crippen molar-refractivity contribution in [3.63, 3.8) is 0 Å². The average Bonchev–Trinajstić information content (AvgIpc) is 2.83. The molecule has 35 heavy (non-hydrogen) atoms. The number of rotatable bonds is 12. The molecule has 2 unspecified atom stereocenters. The summed E-state index contributed by atoms with van der Waals surface area (Å²) in [7, 11) is 0. The fourth-order valence-corrected chi connectivity index (χ4v) is 3.96. The molecule has 0 amide bonds. The maximum absolute atomic E-state index is 10.9. The summed E-state index contributed by atoms with van der Waals surface area (Å²) >= 11 is 12.0. The molecular weight excluding hydrogens is 493 g/mol. The normalized spacial score (nSPS) is 13.9. The molecule has 1 aromatic carbocycles. The molecule has 3 atom stereocenters. The van der Waals surface area contributed by atoms with Crippen LogP contribution in [-0.4, -0.2) is 61.9 Å². The fraction of sp³-hybridized carbons (Fsp3) is 0.320. The Balaban J connectivity index is 1.74. The van der Waals surface area contributed by atoms with Crippen molar-refractivity contribution in [3.05, 3.63) is 87.9 Å². The van der Waals surface area contributed by atoms with Crippen molar-refractivity contribution in [1.82, 2.24) is 14.9 Å². The predicted octanol–water partition coefficient (Wildman–Crippen LogP) is 3.95. The molecule has 3 rings (SSSR count). The Hall–Kier alpha value is -2.75. The molecule has 0 fully saturated rings. The summed E-state index contributed by atoms with van der Waals surface area (Å²) in [6.45, 7) is 1.98. The lowest BCUT2D eigenvalue weighted by molar-refractivity contribution is -0.139. The number of hydrogen-bond donors (Lipinski definition) is 3. The van der Waals surface area contributed by atoms with E-state index in [0.717, 1.165) is 5.56 Å². The second-order valence-electron chi connectivity index (χ2n) is 8.14. The number of nitrogens with zero attached hydrogens (tertiary/aromatic N) is 3. The van der Waals surface area contributed by atoms with E-state index in [9.17, 15) is 15.0 Å². The summed E-state index contributed by atoms with van der Waals surface area (Å²) in [5.41, 5.74) is 1.85. The van der Waals surface area contributed by atoms with Crippen molar-refractivity contribution in [3.8, 4) is 5.75 Å². The molecule has 0 saturated carbocycles. The van der Waals surface area contributed by atoms with E-state index in [0.29, 0.717) is 23.6 Å². The van der Waals surface area contributed by atoms with Crippen molar-refractivity contribution < 1.29 is 24.9 Å². The third-order valence-corrected chi connectivity index (χ3v) is 5.83. The van der Waals surface area contributed by atoms with Gasteiger partial charge in [0.05, 0.1) is 11.4 Å². The van der Waals surface area contributed by atoms with Gasteiger partial charge in [-0.15, -0.1) is 0 Å². The fourth-order valence-electron chi connectivity index (χ4n) is 3.62. The van der Waals surface area contributed by atoms with Crippen molar-refractivity contribution in [2.75, 3.05) is 19.7 Å². The molecule has 10 heteroatoms. The summed E-state index contributed by atoms with van der Waals surface area (Å²) < 4.78 is 5.19. The lowest BCUT2D eigenvalue weighted by atomic mass is 10.0. The molecule has 186 valence electrons. The number of carbonyl (C=O) groups is 1. The number of aliphatic hydroxyl groups excluding tert-OH is 2. The molecule has 0 bridgehead atoms. The molecule has 2 aromatic heterocycles. The van der Waals surface area contributed by atoms with Crippen LogP contribution in [0.2, 0.25) is 10.3 Å². The molecule has 3 aromatic rings. The number of pyridine rings is 2. The van der Waals surface area contributed by atoms with E-state index < -0.39 is 24.8 Å². The molecule has 2 heterocycles. The Morgan fingerprint density at radius 1 is 0.914 bits per heavy atom. The second-order valence-corrected chi connectivity index (χ2v) is 8.91. The van der Waals surface area contributed by atoms with Gasteiger partial charge in [-0.3, -0.25) is 4.90 Å². The Kier molecular flexibility index (Phi) is 9.83. The maximum atomic E-state index is 10.9. The number of carboxylic acids is 1. The quantitative estimate of drug-likeness (QED) is 0.308.